The smallest absolute Gasteiger partial charge is 0.371 e. The van der Waals surface area contributed by atoms with E-state index in [9.17, 15) is 22.4 Å². The van der Waals surface area contributed by atoms with Crippen molar-refractivity contribution in [3.63, 3.8) is 0 Å². The number of halogens is 4. The molecule has 1 fully saturated rings. The second-order valence-electron chi connectivity index (χ2n) is 3.47. The molecule has 3 nitrogen and oxygen atoms in total. The number of ether oxygens (including phenoxy) is 2. The topological polar surface area (TPSA) is 35.5 Å². The Balaban J connectivity index is 2.53. The predicted octanol–water partition coefficient (Wildman–Crippen LogP) is 2.33. The van der Waals surface area contributed by atoms with E-state index in [4.69, 9.17) is 0 Å². The van der Waals surface area contributed by atoms with Crippen molar-refractivity contribution in [2.75, 3.05) is 0 Å². The van der Waals surface area contributed by atoms with Gasteiger partial charge in [0, 0.05) is 12.5 Å². The molecule has 1 aliphatic heterocycles. The van der Waals surface area contributed by atoms with Crippen LogP contribution in [0.2, 0.25) is 0 Å². The summed E-state index contributed by atoms with van der Waals surface area (Å²) in [5.41, 5.74) is 0. The van der Waals surface area contributed by atoms with Crippen LogP contribution in [-0.4, -0.2) is 24.3 Å². The standard InChI is InChI=1S/C9H10F4O3/c1-3-7(14)15-5(2)4-6-8(10,11)16-9(6,12)13/h3,5-6H,1,4H2,2H3. The number of hydrogen-bond donors (Lipinski definition) is 0. The second kappa shape index (κ2) is 4.04. The lowest BCUT2D eigenvalue weighted by atomic mass is 9.95. The van der Waals surface area contributed by atoms with Gasteiger partial charge in [0.2, 0.25) is 0 Å². The van der Waals surface area contributed by atoms with Crippen LogP contribution in [-0.2, 0) is 14.3 Å². The first-order valence-electron chi connectivity index (χ1n) is 4.48. The summed E-state index contributed by atoms with van der Waals surface area (Å²) >= 11 is 0. The lowest BCUT2D eigenvalue weighted by Gasteiger charge is -2.43. The van der Waals surface area contributed by atoms with E-state index in [1.165, 1.54) is 6.92 Å². The summed E-state index contributed by atoms with van der Waals surface area (Å²) in [6.07, 6.45) is -8.67. The van der Waals surface area contributed by atoms with Gasteiger partial charge in [0.25, 0.3) is 0 Å². The molecule has 1 atom stereocenters. The van der Waals surface area contributed by atoms with Gasteiger partial charge in [-0.1, -0.05) is 6.58 Å². The van der Waals surface area contributed by atoms with Crippen molar-refractivity contribution in [3.8, 4) is 0 Å². The number of hydrogen-bond acceptors (Lipinski definition) is 3. The minimum absolute atomic E-state index is 0.681. The van der Waals surface area contributed by atoms with Gasteiger partial charge in [-0.25, -0.2) is 4.79 Å². The highest BCUT2D eigenvalue weighted by molar-refractivity contribution is 5.81. The highest BCUT2D eigenvalue weighted by Gasteiger charge is 2.71. The highest BCUT2D eigenvalue weighted by atomic mass is 19.3. The molecule has 0 aromatic rings. The first-order valence-corrected chi connectivity index (χ1v) is 4.48. The molecule has 0 radical (unpaired) electrons. The summed E-state index contributed by atoms with van der Waals surface area (Å²) in [6, 6.07) is 0. The zero-order valence-electron chi connectivity index (χ0n) is 8.38. The van der Waals surface area contributed by atoms with Crippen LogP contribution in [0.1, 0.15) is 13.3 Å². The molecule has 16 heavy (non-hydrogen) atoms. The summed E-state index contributed by atoms with van der Waals surface area (Å²) < 4.78 is 58.1. The summed E-state index contributed by atoms with van der Waals surface area (Å²) in [7, 11) is 0. The van der Waals surface area contributed by atoms with Crippen LogP contribution >= 0.6 is 0 Å². The predicted molar refractivity (Wildman–Crippen MR) is 44.8 cm³/mol. The maximum absolute atomic E-state index is 12.6. The number of rotatable bonds is 4. The number of carbonyl (C=O) groups excluding carboxylic acids is 1. The molecule has 0 aliphatic carbocycles. The van der Waals surface area contributed by atoms with Gasteiger partial charge in [-0.05, 0) is 6.92 Å². The van der Waals surface area contributed by atoms with Crippen LogP contribution < -0.4 is 0 Å². The van der Waals surface area contributed by atoms with Crippen LogP contribution in [0.4, 0.5) is 17.6 Å². The average molecular weight is 242 g/mol. The monoisotopic (exact) mass is 242 g/mol. The molecule has 1 aliphatic rings. The van der Waals surface area contributed by atoms with Gasteiger partial charge >= 0.3 is 18.2 Å². The van der Waals surface area contributed by atoms with Gasteiger partial charge in [-0.3, -0.25) is 4.74 Å². The van der Waals surface area contributed by atoms with E-state index < -0.39 is 36.6 Å². The van der Waals surface area contributed by atoms with Crippen LogP contribution in [0.5, 0.6) is 0 Å². The zero-order valence-corrected chi connectivity index (χ0v) is 8.38. The van der Waals surface area contributed by atoms with E-state index in [2.05, 4.69) is 16.1 Å². The Hall–Kier alpha value is -1.11. The lowest BCUT2D eigenvalue weighted by molar-refractivity contribution is -0.519. The fourth-order valence-corrected chi connectivity index (χ4v) is 1.36. The molecule has 0 amide bonds. The van der Waals surface area contributed by atoms with E-state index in [1.807, 2.05) is 0 Å². The molecule has 0 bridgehead atoms. The Morgan fingerprint density at radius 2 is 2.00 bits per heavy atom. The molecule has 92 valence electrons. The molecule has 0 saturated carbocycles. The number of esters is 1. The van der Waals surface area contributed by atoms with Crippen molar-refractivity contribution in [1.29, 1.82) is 0 Å². The van der Waals surface area contributed by atoms with Crippen LogP contribution in [0.25, 0.3) is 0 Å². The Morgan fingerprint density at radius 3 is 2.38 bits per heavy atom. The molecule has 1 unspecified atom stereocenters. The van der Waals surface area contributed by atoms with E-state index in [-0.39, 0.29) is 0 Å². The fraction of sp³-hybridized carbons (Fsp3) is 0.667. The quantitative estimate of drug-likeness (QED) is 0.431. The molecule has 7 heteroatoms. The van der Waals surface area contributed by atoms with E-state index >= 15 is 0 Å². The van der Waals surface area contributed by atoms with Crippen LogP contribution in [0.15, 0.2) is 12.7 Å². The molecule has 1 saturated heterocycles. The zero-order chi connectivity index (χ0) is 12.6. The van der Waals surface area contributed by atoms with E-state index in [0.717, 1.165) is 6.08 Å². The summed E-state index contributed by atoms with van der Waals surface area (Å²) in [5, 5.41) is 0. The normalized spacial score (nSPS) is 24.3. The second-order valence-corrected chi connectivity index (χ2v) is 3.47. The van der Waals surface area contributed by atoms with Crippen molar-refractivity contribution in [1.82, 2.24) is 0 Å². The largest absolute Gasteiger partial charge is 0.460 e. The summed E-state index contributed by atoms with van der Waals surface area (Å²) in [5.74, 6) is -3.12. The summed E-state index contributed by atoms with van der Waals surface area (Å²) in [6.45, 7) is 4.33. The number of carbonyl (C=O) groups is 1. The van der Waals surface area contributed by atoms with Gasteiger partial charge in [-0.2, -0.15) is 17.6 Å². The van der Waals surface area contributed by atoms with Crippen molar-refractivity contribution >= 4 is 5.97 Å². The SMILES string of the molecule is C=CC(=O)OC(C)CC1C(F)(F)OC1(F)F. The third kappa shape index (κ3) is 2.52. The van der Waals surface area contributed by atoms with Crippen molar-refractivity contribution in [2.24, 2.45) is 5.92 Å². The molecule has 1 rings (SSSR count). The minimum Gasteiger partial charge on any atom is -0.460 e. The fourth-order valence-electron chi connectivity index (χ4n) is 1.36. The molecule has 0 N–H and O–H groups in total. The van der Waals surface area contributed by atoms with E-state index in [1.54, 1.807) is 0 Å². The van der Waals surface area contributed by atoms with E-state index in [0.29, 0.717) is 0 Å². The Labute approximate surface area is 89.0 Å². The highest BCUT2D eigenvalue weighted by Crippen LogP contribution is 2.53. The van der Waals surface area contributed by atoms with Crippen LogP contribution in [0.3, 0.4) is 0 Å². The molecule has 1 heterocycles. The molecule has 0 aromatic heterocycles. The molecule has 0 aromatic carbocycles. The molecular formula is C9H10F4O3. The van der Waals surface area contributed by atoms with Crippen molar-refractivity contribution in [2.45, 2.75) is 31.7 Å². The Morgan fingerprint density at radius 1 is 1.50 bits per heavy atom. The first-order chi connectivity index (χ1) is 7.19. The van der Waals surface area contributed by atoms with Gasteiger partial charge in [0.1, 0.15) is 12.0 Å². The van der Waals surface area contributed by atoms with Gasteiger partial charge in [0.05, 0.1) is 0 Å². The van der Waals surface area contributed by atoms with Gasteiger partial charge in [0.15, 0.2) is 0 Å². The first kappa shape index (κ1) is 13.0. The third-order valence-electron chi connectivity index (χ3n) is 2.14. The van der Waals surface area contributed by atoms with Crippen molar-refractivity contribution < 1.29 is 31.8 Å². The minimum atomic E-state index is -3.88. The Bertz CT molecular complexity index is 289. The third-order valence-corrected chi connectivity index (χ3v) is 2.14. The maximum atomic E-state index is 12.6. The van der Waals surface area contributed by atoms with Crippen molar-refractivity contribution in [3.05, 3.63) is 12.7 Å². The average Bonchev–Trinajstić information content (AvgIpc) is 2.12. The Kier molecular flexibility index (Phi) is 3.27. The van der Waals surface area contributed by atoms with Gasteiger partial charge < -0.3 is 4.74 Å². The molecular weight excluding hydrogens is 232 g/mol. The van der Waals surface area contributed by atoms with Crippen LogP contribution in [0, 0.1) is 5.92 Å². The number of alkyl halides is 4. The summed E-state index contributed by atoms with van der Waals surface area (Å²) in [4.78, 5) is 10.7. The lowest BCUT2D eigenvalue weighted by Crippen LogP contribution is -2.60. The maximum Gasteiger partial charge on any atom is 0.371 e. The van der Waals surface area contributed by atoms with Gasteiger partial charge in [-0.15, -0.1) is 0 Å². The molecule has 0 spiro atoms.